The van der Waals surface area contributed by atoms with Crippen LogP contribution in [0.3, 0.4) is 0 Å². The molecule has 2 nitrogen and oxygen atoms in total. The second-order valence-electron chi connectivity index (χ2n) is 13.2. The number of nitrogens with zero attached hydrogens (tertiary/aromatic N) is 1. The van der Waals surface area contributed by atoms with E-state index in [0.717, 1.165) is 23.5 Å². The zero-order valence-corrected chi connectivity index (χ0v) is 25.1. The molecule has 6 aromatic rings. The molecule has 6 rings (SSSR count). The number of aryl methyl sites for hydroxylation is 2. The fourth-order valence-electron chi connectivity index (χ4n) is 5.76. The molecule has 3 heterocycles. The van der Waals surface area contributed by atoms with Crippen molar-refractivity contribution in [2.24, 2.45) is 5.41 Å². The van der Waals surface area contributed by atoms with Gasteiger partial charge in [0.25, 0.3) is 0 Å². The highest BCUT2D eigenvalue weighted by atomic mass is 32.1. The molecule has 0 aliphatic carbocycles. The Bertz CT molecular complexity index is 1870. The summed E-state index contributed by atoms with van der Waals surface area (Å²) < 4.78 is 7.66. The summed E-state index contributed by atoms with van der Waals surface area (Å²) in [6.07, 6.45) is 2.90. The van der Waals surface area contributed by atoms with Crippen LogP contribution in [-0.4, -0.2) is 4.98 Å². The van der Waals surface area contributed by atoms with Crippen LogP contribution in [0, 0.1) is 19.3 Å². The van der Waals surface area contributed by atoms with Gasteiger partial charge in [-0.25, -0.2) is 0 Å². The summed E-state index contributed by atoms with van der Waals surface area (Å²) in [6, 6.07) is 22.2. The van der Waals surface area contributed by atoms with Gasteiger partial charge in [0.15, 0.2) is 0 Å². The van der Waals surface area contributed by atoms with Gasteiger partial charge in [-0.1, -0.05) is 77.9 Å². The van der Waals surface area contributed by atoms with Crippen molar-refractivity contribution in [1.29, 1.82) is 0 Å². The number of benzene rings is 3. The molecular formula is C36H37NOS. The van der Waals surface area contributed by atoms with Crippen molar-refractivity contribution in [3.63, 3.8) is 0 Å². The third kappa shape index (κ3) is 4.57. The summed E-state index contributed by atoms with van der Waals surface area (Å²) in [4.78, 5) is 6.23. The molecule has 3 aromatic heterocycles. The van der Waals surface area contributed by atoms with Crippen molar-refractivity contribution in [2.75, 3.05) is 0 Å². The predicted molar refractivity (Wildman–Crippen MR) is 169 cm³/mol. The van der Waals surface area contributed by atoms with Crippen molar-refractivity contribution in [2.45, 2.75) is 67.2 Å². The molecule has 39 heavy (non-hydrogen) atoms. The molecule has 0 spiro atoms. The number of fused-ring (bicyclic) bond motifs is 3. The Labute approximate surface area is 235 Å². The quantitative estimate of drug-likeness (QED) is 0.227. The predicted octanol–water partition coefficient (Wildman–Crippen LogP) is 11.0. The molecule has 0 bridgehead atoms. The molecule has 0 unspecified atom stereocenters. The molecule has 0 radical (unpaired) electrons. The molecule has 0 aliphatic heterocycles. The average molecular weight is 532 g/mol. The first-order valence-electron chi connectivity index (χ1n) is 13.8. The second-order valence-corrected chi connectivity index (χ2v) is 14.2. The van der Waals surface area contributed by atoms with Gasteiger partial charge in [0.1, 0.15) is 11.3 Å². The van der Waals surface area contributed by atoms with Crippen LogP contribution in [0.1, 0.15) is 64.0 Å². The van der Waals surface area contributed by atoms with Crippen LogP contribution >= 0.6 is 11.3 Å². The minimum atomic E-state index is 0.0302. The molecule has 3 aromatic carbocycles. The first-order valence-corrected chi connectivity index (χ1v) is 14.7. The van der Waals surface area contributed by atoms with Crippen LogP contribution in [0.4, 0.5) is 0 Å². The smallest absolute Gasteiger partial charge is 0.135 e. The van der Waals surface area contributed by atoms with Crippen molar-refractivity contribution < 1.29 is 4.42 Å². The van der Waals surface area contributed by atoms with Gasteiger partial charge >= 0.3 is 0 Å². The fraction of sp³-hybridized carbons (Fsp3) is 0.306. The van der Waals surface area contributed by atoms with Gasteiger partial charge in [-0.15, -0.1) is 11.3 Å². The van der Waals surface area contributed by atoms with Crippen molar-refractivity contribution in [3.05, 3.63) is 89.3 Å². The number of thiophene rings is 1. The van der Waals surface area contributed by atoms with E-state index in [0.29, 0.717) is 0 Å². The first-order chi connectivity index (χ1) is 18.4. The topological polar surface area (TPSA) is 26.0 Å². The summed E-state index contributed by atoms with van der Waals surface area (Å²) in [5.74, 6) is 1.10. The number of pyridine rings is 1. The molecular weight excluding hydrogens is 494 g/mol. The lowest BCUT2D eigenvalue weighted by Gasteiger charge is -2.22. The van der Waals surface area contributed by atoms with E-state index in [2.05, 4.69) is 116 Å². The fourth-order valence-corrected chi connectivity index (χ4v) is 7.07. The maximum Gasteiger partial charge on any atom is 0.135 e. The maximum atomic E-state index is 6.42. The van der Waals surface area contributed by atoms with Crippen LogP contribution in [0.25, 0.3) is 53.5 Å². The van der Waals surface area contributed by atoms with Crippen LogP contribution in [-0.2, 0) is 11.8 Å². The molecule has 0 saturated carbocycles. The third-order valence-corrected chi connectivity index (χ3v) is 9.15. The lowest BCUT2D eigenvalue weighted by Crippen LogP contribution is -2.12. The Morgan fingerprint density at radius 3 is 2.28 bits per heavy atom. The van der Waals surface area contributed by atoms with Gasteiger partial charge in [0, 0.05) is 28.4 Å². The Hall–Kier alpha value is -3.43. The summed E-state index contributed by atoms with van der Waals surface area (Å²) in [6.45, 7) is 18.1. The van der Waals surface area contributed by atoms with Crippen molar-refractivity contribution in [1.82, 2.24) is 4.98 Å². The minimum absolute atomic E-state index is 0.0302. The van der Waals surface area contributed by atoms with Crippen LogP contribution in [0.2, 0.25) is 0 Å². The van der Waals surface area contributed by atoms with Gasteiger partial charge in [0.2, 0.25) is 0 Å². The van der Waals surface area contributed by atoms with Gasteiger partial charge in [-0.2, -0.15) is 0 Å². The SMILES string of the molecule is Cc1c(CC(C)(C)C)oc2cc(-c3sc4c(-c5cc(C(C)(C)C)c6ccccc6c5)nccc4c3C)ccc12. The second kappa shape index (κ2) is 9.06. The molecule has 0 saturated heterocycles. The van der Waals surface area contributed by atoms with Gasteiger partial charge in [-0.3, -0.25) is 4.98 Å². The highest BCUT2D eigenvalue weighted by Gasteiger charge is 2.22. The molecule has 0 aliphatic rings. The van der Waals surface area contributed by atoms with Crippen LogP contribution < -0.4 is 0 Å². The Kier molecular flexibility index (Phi) is 6.00. The van der Waals surface area contributed by atoms with E-state index in [1.807, 2.05) is 17.5 Å². The highest BCUT2D eigenvalue weighted by molar-refractivity contribution is 7.23. The molecule has 0 fully saturated rings. The summed E-state index contributed by atoms with van der Waals surface area (Å²) in [5, 5.41) is 5.06. The van der Waals surface area contributed by atoms with E-state index in [4.69, 9.17) is 9.40 Å². The monoisotopic (exact) mass is 531 g/mol. The Balaban J connectivity index is 1.51. The standard InChI is InChI=1S/C36H37NOS/c1-21-26-14-13-24(19-30(26)38-31(21)20-35(3,4)5)33-22(2)27-15-16-37-32(34(27)39-33)25-17-23-11-9-10-12-28(23)29(18-25)36(6,7)8/h9-19H,20H2,1-8H3. The van der Waals surface area contributed by atoms with E-state index in [-0.39, 0.29) is 10.8 Å². The number of furan rings is 1. The van der Waals surface area contributed by atoms with E-state index < -0.39 is 0 Å². The minimum Gasteiger partial charge on any atom is -0.461 e. The van der Waals surface area contributed by atoms with Crippen LogP contribution in [0.5, 0.6) is 0 Å². The molecule has 3 heteroatoms. The Morgan fingerprint density at radius 2 is 1.54 bits per heavy atom. The molecule has 0 amide bonds. The average Bonchev–Trinajstić information content (AvgIpc) is 3.37. The zero-order valence-electron chi connectivity index (χ0n) is 24.3. The number of hydrogen-bond donors (Lipinski definition) is 0. The lowest BCUT2D eigenvalue weighted by molar-refractivity contribution is 0.369. The molecule has 0 N–H and O–H groups in total. The summed E-state index contributed by atoms with van der Waals surface area (Å²) in [5.41, 5.74) is 8.55. The van der Waals surface area contributed by atoms with Gasteiger partial charge < -0.3 is 4.42 Å². The van der Waals surface area contributed by atoms with Gasteiger partial charge in [0.05, 0.1) is 10.4 Å². The molecule has 0 atom stereocenters. The lowest BCUT2D eigenvalue weighted by atomic mass is 9.82. The largest absolute Gasteiger partial charge is 0.461 e. The number of rotatable bonds is 3. The van der Waals surface area contributed by atoms with E-state index in [1.165, 1.54) is 58.9 Å². The van der Waals surface area contributed by atoms with Crippen LogP contribution in [0.15, 0.2) is 71.3 Å². The van der Waals surface area contributed by atoms with E-state index in [9.17, 15) is 0 Å². The molecule has 198 valence electrons. The first kappa shape index (κ1) is 25.8. The van der Waals surface area contributed by atoms with E-state index in [1.54, 1.807) is 0 Å². The van der Waals surface area contributed by atoms with Gasteiger partial charge in [-0.05, 0) is 87.4 Å². The van der Waals surface area contributed by atoms with Crippen molar-refractivity contribution >= 4 is 43.2 Å². The zero-order chi connectivity index (χ0) is 27.7. The number of aromatic nitrogens is 1. The maximum absolute atomic E-state index is 6.42. The van der Waals surface area contributed by atoms with E-state index >= 15 is 0 Å². The normalized spacial score (nSPS) is 12.7. The summed E-state index contributed by atoms with van der Waals surface area (Å²) >= 11 is 1.84. The summed E-state index contributed by atoms with van der Waals surface area (Å²) in [7, 11) is 0. The number of hydrogen-bond acceptors (Lipinski definition) is 3. The highest BCUT2D eigenvalue weighted by Crippen LogP contribution is 2.44. The van der Waals surface area contributed by atoms with Crippen molar-refractivity contribution in [3.8, 4) is 21.7 Å². The Morgan fingerprint density at radius 1 is 0.769 bits per heavy atom. The third-order valence-electron chi connectivity index (χ3n) is 7.79.